The van der Waals surface area contributed by atoms with Crippen LogP contribution in [-0.4, -0.2) is 0 Å². The molecule has 0 N–H and O–H groups in total. The zero-order valence-corrected chi connectivity index (χ0v) is 11.4. The highest BCUT2D eigenvalue weighted by atomic mass is 127. The van der Waals surface area contributed by atoms with Crippen molar-refractivity contribution in [1.82, 2.24) is 0 Å². The molecule has 1 aromatic carbocycles. The summed E-state index contributed by atoms with van der Waals surface area (Å²) in [6.45, 7) is 4.38. The van der Waals surface area contributed by atoms with Crippen molar-refractivity contribution in [2.24, 2.45) is 5.92 Å². The van der Waals surface area contributed by atoms with Crippen molar-refractivity contribution >= 4 is 0 Å². The van der Waals surface area contributed by atoms with Gasteiger partial charge in [-0.05, 0) is 18.1 Å². The maximum atomic E-state index is 3.15. The highest BCUT2D eigenvalue weighted by molar-refractivity contribution is 5.13. The third kappa shape index (κ3) is 6.35. The van der Waals surface area contributed by atoms with Gasteiger partial charge < -0.3 is 0 Å². The lowest BCUT2D eigenvalue weighted by atomic mass is 10.1. The molecule has 0 bridgehead atoms. The second kappa shape index (κ2) is 7.53. The van der Waals surface area contributed by atoms with Gasteiger partial charge in [-0.3, -0.25) is 0 Å². The van der Waals surface area contributed by atoms with Crippen molar-refractivity contribution in [2.45, 2.75) is 20.3 Å². The van der Waals surface area contributed by atoms with Crippen molar-refractivity contribution in [3.05, 3.63) is 44.1 Å². The predicted molar refractivity (Wildman–Crippen MR) is 61.5 cm³/mol. The van der Waals surface area contributed by atoms with Crippen LogP contribution in [-0.2, 0) is 0 Å². The Balaban J connectivity index is 2.30. The average Bonchev–Trinajstić information content (AvgIpc) is 2.24. The second-order valence-corrected chi connectivity index (χ2v) is 6.20. The molecule has 1 aromatic rings. The number of allylic oxidation sites excluding steroid dienone is 1. The van der Waals surface area contributed by atoms with Crippen LogP contribution in [0.1, 0.15) is 20.3 Å². The van der Waals surface area contributed by atoms with E-state index in [2.05, 4.69) is 60.1 Å². The van der Waals surface area contributed by atoms with Crippen molar-refractivity contribution in [1.29, 1.82) is 0 Å². The summed E-state index contributed by atoms with van der Waals surface area (Å²) in [7, 11) is 0. The fourth-order valence-electron chi connectivity index (χ4n) is 0.945. The summed E-state index contributed by atoms with van der Waals surface area (Å²) in [5.41, 5.74) is 0. The summed E-state index contributed by atoms with van der Waals surface area (Å²) in [5, 5.41) is 0. The summed E-state index contributed by atoms with van der Waals surface area (Å²) in [5.74, 6) is 6.91. The molecule has 0 aliphatic heterocycles. The zero-order valence-electron chi connectivity index (χ0n) is 9.20. The van der Waals surface area contributed by atoms with Gasteiger partial charge >= 0.3 is 21.2 Å². The molecular formula is C14H16I+. The summed E-state index contributed by atoms with van der Waals surface area (Å²) in [4.78, 5) is 0. The molecule has 78 valence electrons. The Labute approximate surface area is 103 Å². The van der Waals surface area contributed by atoms with Crippen LogP contribution in [0, 0.1) is 21.3 Å². The lowest BCUT2D eigenvalue weighted by Crippen LogP contribution is -3.59. The highest BCUT2D eigenvalue weighted by Crippen LogP contribution is 1.95. The maximum absolute atomic E-state index is 3.15. The molecule has 0 amide bonds. The van der Waals surface area contributed by atoms with E-state index in [-0.39, 0.29) is 21.2 Å². The molecule has 0 aromatic heterocycles. The molecule has 1 rings (SSSR count). The van der Waals surface area contributed by atoms with Gasteiger partial charge in [0.05, 0.1) is 0 Å². The molecule has 0 heterocycles. The Kier molecular flexibility index (Phi) is 6.18. The van der Waals surface area contributed by atoms with Crippen molar-refractivity contribution in [3.8, 4) is 11.8 Å². The van der Waals surface area contributed by atoms with Gasteiger partial charge in [0.25, 0.3) is 0 Å². The highest BCUT2D eigenvalue weighted by Gasteiger charge is 2.03. The fraction of sp³-hybridized carbons (Fsp3) is 0.286. The molecule has 0 radical (unpaired) electrons. The first kappa shape index (κ1) is 12.3. The first-order chi connectivity index (χ1) is 7.29. The Hall–Kier alpha value is -0.750. The quantitative estimate of drug-likeness (QED) is 0.564. The van der Waals surface area contributed by atoms with Gasteiger partial charge in [0.1, 0.15) is 0 Å². The largest absolute Gasteiger partial charge is 0.350 e. The molecular weight excluding hydrogens is 295 g/mol. The van der Waals surface area contributed by atoms with E-state index in [0.29, 0.717) is 5.92 Å². The number of hydrogen-bond acceptors (Lipinski definition) is 0. The predicted octanol–water partition coefficient (Wildman–Crippen LogP) is 0.508. The topological polar surface area (TPSA) is 0 Å². The van der Waals surface area contributed by atoms with E-state index in [0.717, 1.165) is 6.42 Å². The van der Waals surface area contributed by atoms with E-state index < -0.39 is 0 Å². The van der Waals surface area contributed by atoms with Crippen LogP contribution >= 0.6 is 0 Å². The summed E-state index contributed by atoms with van der Waals surface area (Å²) < 4.78 is 3.67. The molecule has 0 fully saturated rings. The molecule has 0 spiro atoms. The Morgan fingerprint density at radius 3 is 2.67 bits per heavy atom. The van der Waals surface area contributed by atoms with Crippen LogP contribution in [0.25, 0.3) is 0 Å². The van der Waals surface area contributed by atoms with Crippen molar-refractivity contribution in [2.75, 3.05) is 0 Å². The minimum Gasteiger partial charge on any atom is -0.0981 e. The Bertz CT molecular complexity index is 352. The van der Waals surface area contributed by atoms with E-state index >= 15 is 0 Å². The monoisotopic (exact) mass is 311 g/mol. The standard InChI is InChI=1S/C14H16I/c1-13(2)9-5-4-8-12-15-14-10-6-3-7-11-14/h3,6-8,10-13H,9H2,1-2H3/q+1/b12-8+. The lowest BCUT2D eigenvalue weighted by molar-refractivity contribution is -0.556. The van der Waals surface area contributed by atoms with E-state index in [1.54, 1.807) is 0 Å². The maximum Gasteiger partial charge on any atom is 0.350 e. The third-order valence-electron chi connectivity index (χ3n) is 1.68. The summed E-state index contributed by atoms with van der Waals surface area (Å²) in [6.07, 6.45) is 3.00. The summed E-state index contributed by atoms with van der Waals surface area (Å²) >= 11 is 0.0101. The zero-order chi connectivity index (χ0) is 10.9. The van der Waals surface area contributed by atoms with Gasteiger partial charge in [0.2, 0.25) is 0 Å². The number of benzene rings is 1. The molecule has 15 heavy (non-hydrogen) atoms. The van der Waals surface area contributed by atoms with Crippen LogP contribution in [0.5, 0.6) is 0 Å². The second-order valence-electron chi connectivity index (χ2n) is 3.62. The number of rotatable bonds is 3. The van der Waals surface area contributed by atoms with E-state index in [1.165, 1.54) is 3.57 Å². The SMILES string of the molecule is CC(C)CC#C/C=C/[I+]c1ccccc1. The van der Waals surface area contributed by atoms with Crippen LogP contribution in [0.3, 0.4) is 0 Å². The van der Waals surface area contributed by atoms with Crippen molar-refractivity contribution in [3.63, 3.8) is 0 Å². The first-order valence-corrected chi connectivity index (χ1v) is 7.43. The van der Waals surface area contributed by atoms with Gasteiger partial charge in [0, 0.05) is 12.5 Å². The minimum atomic E-state index is 0.0101. The van der Waals surface area contributed by atoms with Gasteiger partial charge in [-0.1, -0.05) is 43.9 Å². The molecule has 0 unspecified atom stereocenters. The average molecular weight is 311 g/mol. The van der Waals surface area contributed by atoms with E-state index in [9.17, 15) is 0 Å². The fourth-order valence-corrected chi connectivity index (χ4v) is 2.55. The number of hydrogen-bond donors (Lipinski definition) is 0. The minimum absolute atomic E-state index is 0.0101. The summed E-state index contributed by atoms with van der Waals surface area (Å²) in [6, 6.07) is 10.6. The Morgan fingerprint density at radius 2 is 2.00 bits per heavy atom. The molecule has 1 heteroatoms. The molecule has 0 nitrogen and oxygen atoms in total. The van der Waals surface area contributed by atoms with Crippen LogP contribution in [0.4, 0.5) is 0 Å². The molecule has 0 atom stereocenters. The van der Waals surface area contributed by atoms with Crippen LogP contribution < -0.4 is 21.2 Å². The van der Waals surface area contributed by atoms with Crippen molar-refractivity contribution < 1.29 is 21.2 Å². The van der Waals surface area contributed by atoms with Gasteiger partial charge in [-0.25, -0.2) is 0 Å². The third-order valence-corrected chi connectivity index (χ3v) is 3.84. The van der Waals surface area contributed by atoms with E-state index in [4.69, 9.17) is 0 Å². The lowest BCUT2D eigenvalue weighted by Gasteiger charge is -1.91. The van der Waals surface area contributed by atoms with Gasteiger partial charge in [0.15, 0.2) is 7.65 Å². The molecule has 0 saturated carbocycles. The first-order valence-electron chi connectivity index (χ1n) is 5.11. The van der Waals surface area contributed by atoms with E-state index in [1.807, 2.05) is 6.08 Å². The van der Waals surface area contributed by atoms with Crippen LogP contribution in [0.2, 0.25) is 0 Å². The van der Waals surface area contributed by atoms with Crippen LogP contribution in [0.15, 0.2) is 40.5 Å². The molecule has 0 saturated heterocycles. The van der Waals surface area contributed by atoms with Gasteiger partial charge in [-0.2, -0.15) is 0 Å². The molecule has 0 aliphatic carbocycles. The van der Waals surface area contributed by atoms with Gasteiger partial charge in [-0.15, -0.1) is 0 Å². The smallest absolute Gasteiger partial charge is 0.0981 e. The Morgan fingerprint density at radius 1 is 1.27 bits per heavy atom. The molecule has 0 aliphatic rings. The normalized spacial score (nSPS) is 10.3. The number of halogens is 1.